The molecule has 0 atom stereocenters. The quantitative estimate of drug-likeness (QED) is 0.380. The van der Waals surface area contributed by atoms with Crippen LogP contribution in [0.1, 0.15) is 6.92 Å². The Bertz CT molecular complexity index is 1040. The molecule has 0 aliphatic heterocycles. The van der Waals surface area contributed by atoms with Gasteiger partial charge in [-0.2, -0.15) is 5.26 Å². The fourth-order valence-corrected chi connectivity index (χ4v) is 3.89. The fourth-order valence-electron chi connectivity index (χ4n) is 2.08. The summed E-state index contributed by atoms with van der Waals surface area (Å²) in [6.07, 6.45) is 1.14. The maximum Gasteiger partial charge on any atom is 0.350 e. The first-order valence-electron chi connectivity index (χ1n) is 7.88. The van der Waals surface area contributed by atoms with E-state index < -0.39 is 16.0 Å². The molecule has 0 unspecified atom stereocenters. The number of nitrogens with zero attached hydrogens (tertiary/aromatic N) is 1. The summed E-state index contributed by atoms with van der Waals surface area (Å²) < 4.78 is 32.5. The lowest BCUT2D eigenvalue weighted by Crippen LogP contribution is -2.14. The molecule has 0 bridgehead atoms. The van der Waals surface area contributed by atoms with Gasteiger partial charge in [-0.3, -0.25) is 4.72 Å². The number of para-hydroxylation sites is 2. The number of carbonyl (C=O) groups is 1. The summed E-state index contributed by atoms with van der Waals surface area (Å²) in [5.41, 5.74) is 0.244. The molecule has 0 saturated heterocycles. The van der Waals surface area contributed by atoms with E-state index in [0.717, 1.165) is 6.20 Å². The smallest absolute Gasteiger partial charge is 0.350 e. The summed E-state index contributed by atoms with van der Waals surface area (Å²) in [4.78, 5) is 11.6. The minimum atomic E-state index is -3.99. The van der Waals surface area contributed by atoms with Crippen LogP contribution in [-0.4, -0.2) is 21.0 Å². The Kier molecular flexibility index (Phi) is 7.29. The van der Waals surface area contributed by atoms with Crippen LogP contribution in [0.4, 0.5) is 11.4 Å². The van der Waals surface area contributed by atoms with Crippen molar-refractivity contribution in [2.45, 2.75) is 11.8 Å². The van der Waals surface area contributed by atoms with Gasteiger partial charge in [-0.05, 0) is 37.3 Å². The van der Waals surface area contributed by atoms with Gasteiger partial charge >= 0.3 is 5.97 Å². The zero-order chi connectivity index (χ0) is 20.7. The van der Waals surface area contributed by atoms with Crippen LogP contribution in [0.15, 0.2) is 59.1 Å². The standard InChI is InChI=1S/C18H15Cl2N3O4S/c1-2-27-18(24)12(10-21)11-22-16-5-3-4-6-17(16)23-28(25,26)15-8-13(19)7-14(20)9-15/h3-9,11,22-23H,2H2,1H3/b12-11+. The number of ether oxygens (including phenoxy) is 1. The first-order valence-corrected chi connectivity index (χ1v) is 10.1. The van der Waals surface area contributed by atoms with E-state index in [9.17, 15) is 13.2 Å². The van der Waals surface area contributed by atoms with Gasteiger partial charge in [0.1, 0.15) is 6.07 Å². The average molecular weight is 440 g/mol. The number of halogens is 2. The minimum absolute atomic E-state index is 0.111. The molecule has 0 aliphatic rings. The lowest BCUT2D eigenvalue weighted by atomic mass is 10.2. The molecular formula is C18H15Cl2N3O4S. The Morgan fingerprint density at radius 2 is 1.79 bits per heavy atom. The number of carbonyl (C=O) groups excluding carboxylic acids is 1. The van der Waals surface area contributed by atoms with Crippen LogP contribution >= 0.6 is 23.2 Å². The molecule has 2 rings (SSSR count). The summed E-state index contributed by atoms with van der Waals surface area (Å²) in [6.45, 7) is 1.74. The molecule has 10 heteroatoms. The van der Waals surface area contributed by atoms with Gasteiger partial charge in [0.25, 0.3) is 10.0 Å². The number of anilines is 2. The van der Waals surface area contributed by atoms with E-state index in [1.54, 1.807) is 31.2 Å². The predicted molar refractivity (Wildman–Crippen MR) is 108 cm³/mol. The van der Waals surface area contributed by atoms with Crippen molar-refractivity contribution in [2.75, 3.05) is 16.6 Å². The van der Waals surface area contributed by atoms with Gasteiger partial charge < -0.3 is 10.1 Å². The molecule has 0 aromatic heterocycles. The predicted octanol–water partition coefficient (Wildman–Crippen LogP) is 4.18. The number of rotatable bonds is 7. The zero-order valence-corrected chi connectivity index (χ0v) is 16.9. The third kappa shape index (κ3) is 5.63. The molecule has 28 heavy (non-hydrogen) atoms. The van der Waals surface area contributed by atoms with E-state index in [1.165, 1.54) is 24.3 Å². The molecule has 146 valence electrons. The first kappa shape index (κ1) is 21.6. The van der Waals surface area contributed by atoms with Gasteiger partial charge in [0.05, 0.1) is 22.9 Å². The second kappa shape index (κ2) is 9.46. The van der Waals surface area contributed by atoms with Crippen molar-refractivity contribution in [1.82, 2.24) is 0 Å². The highest BCUT2D eigenvalue weighted by atomic mass is 35.5. The summed E-state index contributed by atoms with van der Waals surface area (Å²) in [5.74, 6) is -0.788. The molecule has 2 aromatic carbocycles. The van der Waals surface area contributed by atoms with Crippen LogP contribution in [0.3, 0.4) is 0 Å². The molecule has 0 fully saturated rings. The number of hydrogen-bond acceptors (Lipinski definition) is 6. The van der Waals surface area contributed by atoms with Crippen molar-refractivity contribution in [1.29, 1.82) is 5.26 Å². The molecule has 2 N–H and O–H groups in total. The Balaban J connectivity index is 2.31. The number of nitrogens with one attached hydrogen (secondary N) is 2. The van der Waals surface area contributed by atoms with Crippen LogP contribution in [0.5, 0.6) is 0 Å². The topological polar surface area (TPSA) is 108 Å². The second-order valence-corrected chi connectivity index (χ2v) is 7.85. The van der Waals surface area contributed by atoms with Crippen LogP contribution in [0.25, 0.3) is 0 Å². The van der Waals surface area contributed by atoms with E-state index >= 15 is 0 Å². The van der Waals surface area contributed by atoms with Crippen molar-refractivity contribution in [3.63, 3.8) is 0 Å². The molecule has 0 spiro atoms. The molecule has 0 aliphatic carbocycles. The number of benzene rings is 2. The molecule has 0 amide bonds. The highest BCUT2D eigenvalue weighted by Gasteiger charge is 2.17. The Labute approximate surface area is 172 Å². The Morgan fingerprint density at radius 1 is 1.18 bits per heavy atom. The van der Waals surface area contributed by atoms with Gasteiger partial charge in [-0.15, -0.1) is 0 Å². The monoisotopic (exact) mass is 439 g/mol. The summed E-state index contributed by atoms with van der Waals surface area (Å²) in [5, 5.41) is 12.2. The van der Waals surface area contributed by atoms with Gasteiger partial charge in [-0.25, -0.2) is 13.2 Å². The second-order valence-electron chi connectivity index (χ2n) is 5.29. The largest absolute Gasteiger partial charge is 0.462 e. The van der Waals surface area contributed by atoms with Gasteiger partial charge in [0.2, 0.25) is 0 Å². The van der Waals surface area contributed by atoms with Crippen LogP contribution < -0.4 is 10.0 Å². The number of esters is 1. The van der Waals surface area contributed by atoms with E-state index in [0.29, 0.717) is 5.69 Å². The van der Waals surface area contributed by atoms with Crippen LogP contribution in [0, 0.1) is 11.3 Å². The van der Waals surface area contributed by atoms with E-state index in [2.05, 4.69) is 10.0 Å². The van der Waals surface area contributed by atoms with Crippen LogP contribution in [-0.2, 0) is 19.6 Å². The zero-order valence-electron chi connectivity index (χ0n) is 14.6. The van der Waals surface area contributed by atoms with Gasteiger partial charge in [0, 0.05) is 16.2 Å². The van der Waals surface area contributed by atoms with Crippen molar-refractivity contribution in [2.24, 2.45) is 0 Å². The molecule has 0 heterocycles. The van der Waals surface area contributed by atoms with Gasteiger partial charge in [-0.1, -0.05) is 35.3 Å². The number of sulfonamides is 1. The SMILES string of the molecule is CCOC(=O)/C(C#N)=C/Nc1ccccc1NS(=O)(=O)c1cc(Cl)cc(Cl)c1. The van der Waals surface area contributed by atoms with Gasteiger partial charge in [0.15, 0.2) is 5.57 Å². The van der Waals surface area contributed by atoms with Crippen LogP contribution in [0.2, 0.25) is 10.0 Å². The van der Waals surface area contributed by atoms with E-state index in [-0.39, 0.29) is 32.8 Å². The first-order chi connectivity index (χ1) is 13.3. The van der Waals surface area contributed by atoms with Crippen molar-refractivity contribution < 1.29 is 17.9 Å². The molecule has 2 aromatic rings. The maximum atomic E-state index is 12.6. The Hall–Kier alpha value is -2.73. The number of nitriles is 1. The number of hydrogen-bond donors (Lipinski definition) is 2. The highest BCUT2D eigenvalue weighted by Crippen LogP contribution is 2.27. The Morgan fingerprint density at radius 3 is 2.36 bits per heavy atom. The summed E-state index contributed by atoms with van der Waals surface area (Å²) >= 11 is 11.8. The lowest BCUT2D eigenvalue weighted by Gasteiger charge is -2.13. The normalized spacial score (nSPS) is 11.4. The lowest BCUT2D eigenvalue weighted by molar-refractivity contribution is -0.138. The average Bonchev–Trinajstić information content (AvgIpc) is 2.62. The summed E-state index contributed by atoms with van der Waals surface area (Å²) in [6, 6.07) is 12.0. The third-order valence-corrected chi connectivity index (χ3v) is 5.09. The third-order valence-electron chi connectivity index (χ3n) is 3.31. The maximum absolute atomic E-state index is 12.6. The fraction of sp³-hybridized carbons (Fsp3) is 0.111. The van der Waals surface area contributed by atoms with Crippen molar-refractivity contribution >= 4 is 50.6 Å². The molecular weight excluding hydrogens is 425 g/mol. The van der Waals surface area contributed by atoms with Crippen molar-refractivity contribution in [3.05, 3.63) is 64.3 Å². The molecule has 0 saturated carbocycles. The van der Waals surface area contributed by atoms with E-state index in [4.69, 9.17) is 33.2 Å². The molecule has 7 nitrogen and oxygen atoms in total. The highest BCUT2D eigenvalue weighted by molar-refractivity contribution is 7.92. The van der Waals surface area contributed by atoms with E-state index in [1.807, 2.05) is 0 Å². The summed E-state index contributed by atoms with van der Waals surface area (Å²) in [7, 11) is -3.99. The minimum Gasteiger partial charge on any atom is -0.462 e. The molecule has 0 radical (unpaired) electrons. The van der Waals surface area contributed by atoms with Crippen molar-refractivity contribution in [3.8, 4) is 6.07 Å².